The average molecular weight is 281 g/mol. The summed E-state index contributed by atoms with van der Waals surface area (Å²) in [6.07, 6.45) is 0.463. The third-order valence-electron chi connectivity index (χ3n) is 2.77. The second kappa shape index (κ2) is 6.43. The van der Waals surface area contributed by atoms with E-state index in [2.05, 4.69) is 0 Å². The van der Waals surface area contributed by atoms with E-state index in [1.165, 1.54) is 6.07 Å². The van der Waals surface area contributed by atoms with Crippen LogP contribution in [0.4, 0.5) is 13.2 Å². The molecular weight excluding hydrogens is 267 g/mol. The maximum atomic E-state index is 13.7. The summed E-state index contributed by atoms with van der Waals surface area (Å²) in [6.45, 7) is 0.238. The Hall–Kier alpha value is -2.01. The third-order valence-corrected chi connectivity index (χ3v) is 2.77. The van der Waals surface area contributed by atoms with E-state index in [0.717, 1.165) is 18.2 Å². The summed E-state index contributed by atoms with van der Waals surface area (Å²) in [6, 6.07) is 7.60. The van der Waals surface area contributed by atoms with Gasteiger partial charge in [0.05, 0.1) is 0 Å². The van der Waals surface area contributed by atoms with Gasteiger partial charge in [-0.1, -0.05) is 12.1 Å². The van der Waals surface area contributed by atoms with E-state index in [-0.39, 0.29) is 12.4 Å². The highest BCUT2D eigenvalue weighted by atomic mass is 19.1. The van der Waals surface area contributed by atoms with Crippen molar-refractivity contribution in [2.24, 2.45) is 5.73 Å². The quantitative estimate of drug-likeness (QED) is 0.913. The summed E-state index contributed by atoms with van der Waals surface area (Å²) in [5.41, 5.74) is 6.37. The number of halogens is 3. The van der Waals surface area contributed by atoms with Crippen molar-refractivity contribution < 1.29 is 17.9 Å². The molecule has 5 heteroatoms. The summed E-state index contributed by atoms with van der Waals surface area (Å²) in [5, 5.41) is 0. The Morgan fingerprint density at radius 3 is 2.35 bits per heavy atom. The van der Waals surface area contributed by atoms with Crippen LogP contribution in [0.3, 0.4) is 0 Å². The molecule has 0 saturated carbocycles. The minimum absolute atomic E-state index is 0.0719. The molecule has 2 aromatic rings. The van der Waals surface area contributed by atoms with E-state index in [1.54, 1.807) is 12.1 Å². The van der Waals surface area contributed by atoms with Gasteiger partial charge in [0.1, 0.15) is 18.2 Å². The monoisotopic (exact) mass is 281 g/mol. The molecule has 0 atom stereocenters. The van der Waals surface area contributed by atoms with Crippen molar-refractivity contribution in [1.82, 2.24) is 0 Å². The van der Waals surface area contributed by atoms with Crippen molar-refractivity contribution in [3.8, 4) is 5.75 Å². The zero-order valence-electron chi connectivity index (χ0n) is 10.7. The molecule has 0 bridgehead atoms. The number of ether oxygens (including phenoxy) is 1. The van der Waals surface area contributed by atoms with Crippen LogP contribution in [-0.4, -0.2) is 6.54 Å². The minimum Gasteiger partial charge on any atom is -0.486 e. The predicted molar refractivity (Wildman–Crippen MR) is 69.8 cm³/mol. The second-order valence-corrected chi connectivity index (χ2v) is 4.33. The highest BCUT2D eigenvalue weighted by molar-refractivity contribution is 5.35. The Kier molecular flexibility index (Phi) is 4.63. The molecule has 0 aliphatic heterocycles. The number of para-hydroxylation sites is 1. The first-order valence-electron chi connectivity index (χ1n) is 6.15. The van der Waals surface area contributed by atoms with Crippen LogP contribution in [0.2, 0.25) is 0 Å². The van der Waals surface area contributed by atoms with Crippen LogP contribution in [0.1, 0.15) is 11.1 Å². The van der Waals surface area contributed by atoms with Gasteiger partial charge in [0.25, 0.3) is 0 Å². The van der Waals surface area contributed by atoms with Gasteiger partial charge in [0, 0.05) is 6.07 Å². The number of nitrogens with two attached hydrogens (primary N) is 1. The first-order valence-corrected chi connectivity index (χ1v) is 6.15. The Balaban J connectivity index is 2.18. The third kappa shape index (κ3) is 3.51. The Labute approximate surface area is 115 Å². The van der Waals surface area contributed by atoms with Gasteiger partial charge in [-0.15, -0.1) is 0 Å². The number of rotatable bonds is 5. The summed E-state index contributed by atoms with van der Waals surface area (Å²) in [4.78, 5) is 0. The maximum Gasteiger partial charge on any atom is 0.165 e. The highest BCUT2D eigenvalue weighted by Gasteiger charge is 2.10. The molecule has 0 radical (unpaired) electrons. The van der Waals surface area contributed by atoms with Crippen LogP contribution in [-0.2, 0) is 13.0 Å². The van der Waals surface area contributed by atoms with E-state index in [1.807, 2.05) is 0 Å². The fourth-order valence-corrected chi connectivity index (χ4v) is 1.92. The van der Waals surface area contributed by atoms with Crippen LogP contribution >= 0.6 is 0 Å². The number of benzene rings is 2. The van der Waals surface area contributed by atoms with Gasteiger partial charge in [0.15, 0.2) is 11.6 Å². The smallest absolute Gasteiger partial charge is 0.165 e. The molecule has 2 rings (SSSR count). The van der Waals surface area contributed by atoms with Gasteiger partial charge >= 0.3 is 0 Å². The summed E-state index contributed by atoms with van der Waals surface area (Å²) in [7, 11) is 0. The fourth-order valence-electron chi connectivity index (χ4n) is 1.92. The largest absolute Gasteiger partial charge is 0.486 e. The zero-order valence-corrected chi connectivity index (χ0v) is 10.7. The predicted octanol–water partition coefficient (Wildman–Crippen LogP) is 3.18. The van der Waals surface area contributed by atoms with Crippen molar-refractivity contribution in [3.05, 3.63) is 65.0 Å². The molecule has 0 unspecified atom stereocenters. The normalized spacial score (nSPS) is 10.6. The van der Waals surface area contributed by atoms with Gasteiger partial charge < -0.3 is 10.5 Å². The minimum atomic E-state index is -0.695. The Morgan fingerprint density at radius 2 is 1.70 bits per heavy atom. The van der Waals surface area contributed by atoms with Gasteiger partial charge in [-0.05, 0) is 42.3 Å². The molecule has 0 fully saturated rings. The molecule has 0 aromatic heterocycles. The first-order chi connectivity index (χ1) is 9.60. The van der Waals surface area contributed by atoms with Gasteiger partial charge in [0.2, 0.25) is 0 Å². The van der Waals surface area contributed by atoms with Gasteiger partial charge in [-0.3, -0.25) is 0 Å². The Morgan fingerprint density at radius 1 is 1.00 bits per heavy atom. The fraction of sp³-hybridized carbons (Fsp3) is 0.200. The van der Waals surface area contributed by atoms with Crippen LogP contribution in [0.25, 0.3) is 0 Å². The van der Waals surface area contributed by atoms with Crippen molar-refractivity contribution >= 4 is 0 Å². The van der Waals surface area contributed by atoms with E-state index in [0.29, 0.717) is 24.1 Å². The van der Waals surface area contributed by atoms with Crippen LogP contribution in [0.15, 0.2) is 36.4 Å². The molecule has 2 aromatic carbocycles. The van der Waals surface area contributed by atoms with E-state index < -0.39 is 17.5 Å². The van der Waals surface area contributed by atoms with Crippen LogP contribution in [0.5, 0.6) is 5.75 Å². The molecule has 0 heterocycles. The van der Waals surface area contributed by atoms with E-state index >= 15 is 0 Å². The first kappa shape index (κ1) is 14.4. The number of hydrogen-bond acceptors (Lipinski definition) is 2. The lowest BCUT2D eigenvalue weighted by Gasteiger charge is -2.12. The lowest BCUT2D eigenvalue weighted by molar-refractivity contribution is 0.286. The van der Waals surface area contributed by atoms with E-state index in [9.17, 15) is 13.2 Å². The van der Waals surface area contributed by atoms with Crippen molar-refractivity contribution in [1.29, 1.82) is 0 Å². The SMILES string of the molecule is NCCc1cccc(F)c1OCc1cc(F)cc(F)c1. The molecule has 20 heavy (non-hydrogen) atoms. The molecule has 106 valence electrons. The van der Waals surface area contributed by atoms with Crippen molar-refractivity contribution in [2.75, 3.05) is 6.54 Å². The zero-order chi connectivity index (χ0) is 14.5. The average Bonchev–Trinajstić information content (AvgIpc) is 2.37. The maximum absolute atomic E-state index is 13.7. The molecule has 2 nitrogen and oxygen atoms in total. The Bertz CT molecular complexity index is 581. The van der Waals surface area contributed by atoms with E-state index in [4.69, 9.17) is 10.5 Å². The topological polar surface area (TPSA) is 35.2 Å². The highest BCUT2D eigenvalue weighted by Crippen LogP contribution is 2.24. The number of hydrogen-bond donors (Lipinski definition) is 1. The molecule has 0 amide bonds. The standard InChI is InChI=1S/C15H14F3NO/c16-12-6-10(7-13(17)8-12)9-20-15-11(4-5-19)2-1-3-14(15)18/h1-3,6-8H,4-5,9,19H2. The lowest BCUT2D eigenvalue weighted by atomic mass is 10.1. The van der Waals surface area contributed by atoms with Crippen molar-refractivity contribution in [2.45, 2.75) is 13.0 Å². The molecule has 0 aliphatic rings. The molecule has 0 spiro atoms. The van der Waals surface area contributed by atoms with Crippen molar-refractivity contribution in [3.63, 3.8) is 0 Å². The lowest BCUT2D eigenvalue weighted by Crippen LogP contribution is -2.07. The summed E-state index contributed by atoms with van der Waals surface area (Å²) < 4.78 is 45.2. The molecular formula is C15H14F3NO. The summed E-state index contributed by atoms with van der Waals surface area (Å²) >= 11 is 0. The second-order valence-electron chi connectivity index (χ2n) is 4.33. The van der Waals surface area contributed by atoms with Gasteiger partial charge in [-0.25, -0.2) is 13.2 Å². The van der Waals surface area contributed by atoms with Crippen LogP contribution < -0.4 is 10.5 Å². The molecule has 2 N–H and O–H groups in total. The van der Waals surface area contributed by atoms with Crippen LogP contribution in [0, 0.1) is 17.5 Å². The molecule has 0 saturated heterocycles. The summed E-state index contributed by atoms with van der Waals surface area (Å²) in [5.74, 6) is -1.84. The molecule has 0 aliphatic carbocycles. The van der Waals surface area contributed by atoms with Gasteiger partial charge in [-0.2, -0.15) is 0 Å².